The van der Waals surface area contributed by atoms with Crippen molar-refractivity contribution in [3.8, 4) is 0 Å². The zero-order chi connectivity index (χ0) is 24.0. The standard InChI is InChI=1S/C26H21NO4S2Se/c28-32(29,23-15-7-2-8-16-23)27(33(30,31)24-17-9-3-10-18-24)26(22-13-5-1-6-14-22)21-34-25-19-11-4-12-20-25/h1-21H/b26-21+. The minimum absolute atomic E-state index is 0.0946. The molecule has 4 rings (SSSR count). The summed E-state index contributed by atoms with van der Waals surface area (Å²) in [5, 5.41) is 0. The Morgan fingerprint density at radius 3 is 1.38 bits per heavy atom. The molecule has 0 aromatic heterocycles. The SMILES string of the molecule is O=S(=O)(c1ccccc1)N(/C(=C/[Se]c1ccccc1)c1ccccc1)S(=O)(=O)c1ccccc1. The van der Waals surface area contributed by atoms with E-state index in [1.54, 1.807) is 71.7 Å². The molecule has 4 aromatic carbocycles. The molecule has 0 bridgehead atoms. The van der Waals surface area contributed by atoms with E-state index in [4.69, 9.17) is 0 Å². The van der Waals surface area contributed by atoms with Gasteiger partial charge in [-0.15, -0.1) is 0 Å². The fourth-order valence-corrected chi connectivity index (χ4v) is 8.97. The van der Waals surface area contributed by atoms with Crippen LogP contribution in [-0.4, -0.2) is 35.5 Å². The third-order valence-corrected chi connectivity index (χ3v) is 10.9. The van der Waals surface area contributed by atoms with E-state index in [2.05, 4.69) is 0 Å². The van der Waals surface area contributed by atoms with Crippen LogP contribution >= 0.6 is 0 Å². The van der Waals surface area contributed by atoms with E-state index in [0.29, 0.717) is 9.27 Å². The third-order valence-electron chi connectivity index (χ3n) is 4.83. The van der Waals surface area contributed by atoms with E-state index >= 15 is 0 Å². The van der Waals surface area contributed by atoms with Gasteiger partial charge in [0.1, 0.15) is 0 Å². The van der Waals surface area contributed by atoms with Crippen LogP contribution in [0.15, 0.2) is 136 Å². The van der Waals surface area contributed by atoms with Crippen molar-refractivity contribution in [3.05, 3.63) is 132 Å². The fraction of sp³-hybridized carbons (Fsp3) is 0. The quantitative estimate of drug-likeness (QED) is 0.308. The van der Waals surface area contributed by atoms with E-state index in [9.17, 15) is 16.8 Å². The third kappa shape index (κ3) is 5.16. The van der Waals surface area contributed by atoms with E-state index in [1.165, 1.54) is 24.3 Å². The molecule has 0 amide bonds. The molecule has 0 N–H and O–H groups in total. The number of rotatable bonds is 8. The molecule has 34 heavy (non-hydrogen) atoms. The van der Waals surface area contributed by atoms with Crippen LogP contribution in [0.5, 0.6) is 0 Å². The molecule has 0 spiro atoms. The first-order chi connectivity index (χ1) is 16.4. The minimum atomic E-state index is -4.47. The summed E-state index contributed by atoms with van der Waals surface area (Å²) in [6.45, 7) is 0. The summed E-state index contributed by atoms with van der Waals surface area (Å²) in [7, 11) is -8.94. The number of hydrogen-bond acceptors (Lipinski definition) is 4. The van der Waals surface area contributed by atoms with E-state index in [1.807, 2.05) is 30.3 Å². The molecular formula is C26H21NO4S2Se. The molecule has 0 aliphatic carbocycles. The average Bonchev–Trinajstić information content (AvgIpc) is 2.88. The van der Waals surface area contributed by atoms with Crippen LogP contribution < -0.4 is 4.46 Å². The zero-order valence-corrected chi connectivity index (χ0v) is 21.3. The van der Waals surface area contributed by atoms with Crippen LogP contribution in [0, 0.1) is 0 Å². The van der Waals surface area contributed by atoms with Gasteiger partial charge in [-0.2, -0.15) is 0 Å². The Kier molecular flexibility index (Phi) is 7.34. The summed E-state index contributed by atoms with van der Waals surface area (Å²) < 4.78 is 57.1. The Morgan fingerprint density at radius 1 is 0.559 bits per heavy atom. The molecule has 0 aliphatic heterocycles. The predicted octanol–water partition coefficient (Wildman–Crippen LogP) is 4.09. The Bertz CT molecular complexity index is 1410. The van der Waals surface area contributed by atoms with Gasteiger partial charge in [0.2, 0.25) is 0 Å². The molecule has 0 aliphatic rings. The first kappa shape index (κ1) is 24.0. The molecule has 0 radical (unpaired) electrons. The molecule has 8 heteroatoms. The molecule has 0 fully saturated rings. The van der Waals surface area contributed by atoms with Gasteiger partial charge in [-0.3, -0.25) is 0 Å². The van der Waals surface area contributed by atoms with Gasteiger partial charge in [-0.05, 0) is 0 Å². The van der Waals surface area contributed by atoms with Gasteiger partial charge in [0.15, 0.2) is 0 Å². The van der Waals surface area contributed by atoms with Crippen LogP contribution in [0.3, 0.4) is 0 Å². The molecule has 4 aromatic rings. The van der Waals surface area contributed by atoms with Gasteiger partial charge in [-0.1, -0.05) is 0 Å². The number of sulfonamides is 2. The Balaban J connectivity index is 1.97. The molecular weight excluding hydrogens is 533 g/mol. The van der Waals surface area contributed by atoms with Gasteiger partial charge >= 0.3 is 207 Å². The van der Waals surface area contributed by atoms with Gasteiger partial charge in [0.05, 0.1) is 0 Å². The van der Waals surface area contributed by atoms with Crippen molar-refractivity contribution < 1.29 is 16.8 Å². The van der Waals surface area contributed by atoms with Crippen LogP contribution in [0.4, 0.5) is 0 Å². The summed E-state index contributed by atoms with van der Waals surface area (Å²) in [5.74, 6) is 0. The van der Waals surface area contributed by atoms with Crippen LogP contribution in [-0.2, 0) is 20.0 Å². The van der Waals surface area contributed by atoms with Crippen molar-refractivity contribution in [1.29, 1.82) is 0 Å². The number of benzene rings is 4. The van der Waals surface area contributed by atoms with Crippen molar-refractivity contribution in [3.63, 3.8) is 0 Å². The van der Waals surface area contributed by atoms with E-state index in [0.717, 1.165) is 4.46 Å². The molecule has 5 nitrogen and oxygen atoms in total. The summed E-state index contributed by atoms with van der Waals surface area (Å²) in [6, 6.07) is 33.5. The monoisotopic (exact) mass is 555 g/mol. The van der Waals surface area contributed by atoms with Crippen LogP contribution in [0.1, 0.15) is 5.56 Å². The molecule has 172 valence electrons. The maximum absolute atomic E-state index is 13.9. The predicted molar refractivity (Wildman–Crippen MR) is 135 cm³/mol. The molecule has 0 heterocycles. The van der Waals surface area contributed by atoms with Gasteiger partial charge in [0.25, 0.3) is 0 Å². The zero-order valence-electron chi connectivity index (χ0n) is 17.9. The summed E-state index contributed by atoms with van der Waals surface area (Å²) >= 11 is -0.330. The second-order valence-corrected chi connectivity index (χ2v) is 12.9. The Morgan fingerprint density at radius 2 is 0.941 bits per heavy atom. The molecule has 0 atom stereocenters. The van der Waals surface area contributed by atoms with Crippen molar-refractivity contribution in [1.82, 2.24) is 3.71 Å². The fourth-order valence-electron chi connectivity index (χ4n) is 3.21. The topological polar surface area (TPSA) is 71.5 Å². The summed E-state index contributed by atoms with van der Waals surface area (Å²) in [4.78, 5) is 1.49. The van der Waals surface area contributed by atoms with Crippen molar-refractivity contribution in [2.75, 3.05) is 0 Å². The van der Waals surface area contributed by atoms with Gasteiger partial charge < -0.3 is 0 Å². The first-order valence-corrected chi connectivity index (χ1v) is 15.0. The van der Waals surface area contributed by atoms with Gasteiger partial charge in [0, 0.05) is 0 Å². The molecule has 0 saturated carbocycles. The van der Waals surface area contributed by atoms with Crippen molar-refractivity contribution in [2.45, 2.75) is 9.79 Å². The Hall–Kier alpha value is -3.16. The van der Waals surface area contributed by atoms with E-state index in [-0.39, 0.29) is 30.4 Å². The number of hydrogen-bond donors (Lipinski definition) is 0. The van der Waals surface area contributed by atoms with Gasteiger partial charge in [-0.25, -0.2) is 0 Å². The normalized spacial score (nSPS) is 12.3. The second kappa shape index (κ2) is 10.4. The first-order valence-electron chi connectivity index (χ1n) is 10.3. The van der Waals surface area contributed by atoms with Crippen molar-refractivity contribution >= 4 is 45.2 Å². The average molecular weight is 555 g/mol. The summed E-state index contributed by atoms with van der Waals surface area (Å²) in [6.07, 6.45) is 0. The Labute approximate surface area is 206 Å². The maximum atomic E-state index is 13.9. The van der Waals surface area contributed by atoms with E-state index < -0.39 is 20.0 Å². The van der Waals surface area contributed by atoms with Crippen LogP contribution in [0.25, 0.3) is 5.70 Å². The molecule has 0 unspecified atom stereocenters. The second-order valence-electron chi connectivity index (χ2n) is 7.13. The molecule has 0 saturated heterocycles. The number of nitrogens with zero attached hydrogens (tertiary/aromatic N) is 1. The summed E-state index contributed by atoms with van der Waals surface area (Å²) in [5.41, 5.74) is 0.580. The van der Waals surface area contributed by atoms with Crippen LogP contribution in [0.2, 0.25) is 0 Å². The van der Waals surface area contributed by atoms with Crippen molar-refractivity contribution in [2.24, 2.45) is 0 Å².